The Morgan fingerprint density at radius 2 is 1.79 bits per heavy atom. The molecule has 3 N–H and O–H groups in total. The molecule has 2 aromatic rings. The van der Waals surface area contributed by atoms with E-state index in [9.17, 15) is 0 Å². The number of H-pyrrole nitrogens is 1. The predicted octanol–water partition coefficient (Wildman–Crippen LogP) is 2.58. The highest BCUT2D eigenvalue weighted by molar-refractivity contribution is 9.11. The topological polar surface area (TPSA) is 67.6 Å². The highest BCUT2D eigenvalue weighted by Gasteiger charge is 2.04. The Kier molecular flexibility index (Phi) is 2.56. The highest BCUT2D eigenvalue weighted by Crippen LogP contribution is 2.25. The molecule has 72 valence electrons. The molecule has 0 saturated heterocycles. The van der Waals surface area contributed by atoms with Gasteiger partial charge in [0.15, 0.2) is 5.82 Å². The molecule has 0 amide bonds. The number of nitrogens with two attached hydrogens (primary N) is 1. The van der Waals surface area contributed by atoms with Crippen LogP contribution in [0.15, 0.2) is 27.1 Å². The molecule has 0 aliphatic rings. The second kappa shape index (κ2) is 3.70. The molecule has 0 radical (unpaired) electrons. The van der Waals surface area contributed by atoms with Gasteiger partial charge in [-0.1, -0.05) is 31.9 Å². The fourth-order valence-electron chi connectivity index (χ4n) is 1.09. The maximum atomic E-state index is 5.42. The predicted molar refractivity (Wildman–Crippen MR) is 61.6 cm³/mol. The zero-order valence-corrected chi connectivity index (χ0v) is 10.1. The highest BCUT2D eigenvalue weighted by atomic mass is 79.9. The molecular weight excluding hydrogens is 312 g/mol. The third-order valence-corrected chi connectivity index (χ3v) is 2.55. The normalized spacial score (nSPS) is 10.4. The number of halogens is 2. The first-order valence-corrected chi connectivity index (χ1v) is 5.38. The summed E-state index contributed by atoms with van der Waals surface area (Å²) in [5.41, 5.74) is 6.34. The van der Waals surface area contributed by atoms with Crippen molar-refractivity contribution in [2.75, 3.05) is 5.73 Å². The molecule has 14 heavy (non-hydrogen) atoms. The van der Waals surface area contributed by atoms with Crippen molar-refractivity contribution in [2.45, 2.75) is 0 Å². The summed E-state index contributed by atoms with van der Waals surface area (Å²) in [5, 5.41) is 6.51. The van der Waals surface area contributed by atoms with Gasteiger partial charge < -0.3 is 5.73 Å². The fourth-order valence-corrected chi connectivity index (χ4v) is 2.39. The first-order chi connectivity index (χ1) is 6.65. The van der Waals surface area contributed by atoms with Crippen LogP contribution in [-0.2, 0) is 0 Å². The standard InChI is InChI=1S/C8H6Br2N4/c9-5-1-4(2-6(10)3-5)7-12-8(11)14-13-7/h1-3H,(H3,11,12,13,14). The molecule has 0 fully saturated rings. The molecule has 6 heteroatoms. The fraction of sp³-hybridized carbons (Fsp3) is 0. The Labute approximate surface area is 97.2 Å². The number of nitrogens with zero attached hydrogens (tertiary/aromatic N) is 2. The maximum absolute atomic E-state index is 5.42. The van der Waals surface area contributed by atoms with E-state index in [1.54, 1.807) is 0 Å². The minimum absolute atomic E-state index is 0.246. The Balaban J connectivity index is 2.51. The molecule has 0 bridgehead atoms. The van der Waals surface area contributed by atoms with E-state index in [2.05, 4.69) is 47.0 Å². The molecule has 4 nitrogen and oxygen atoms in total. The van der Waals surface area contributed by atoms with Crippen molar-refractivity contribution in [1.82, 2.24) is 15.2 Å². The van der Waals surface area contributed by atoms with E-state index in [4.69, 9.17) is 5.73 Å². The Hall–Kier alpha value is -0.880. The van der Waals surface area contributed by atoms with Crippen molar-refractivity contribution in [2.24, 2.45) is 0 Å². The summed E-state index contributed by atoms with van der Waals surface area (Å²) in [5.74, 6) is 0.903. The van der Waals surface area contributed by atoms with E-state index in [1.165, 1.54) is 0 Å². The van der Waals surface area contributed by atoms with E-state index < -0.39 is 0 Å². The van der Waals surface area contributed by atoms with Crippen LogP contribution in [0.2, 0.25) is 0 Å². The van der Waals surface area contributed by atoms with Crippen LogP contribution >= 0.6 is 31.9 Å². The number of hydrogen-bond donors (Lipinski definition) is 2. The van der Waals surface area contributed by atoms with Crippen LogP contribution < -0.4 is 5.73 Å². The number of rotatable bonds is 1. The largest absolute Gasteiger partial charge is 0.366 e. The van der Waals surface area contributed by atoms with Crippen molar-refractivity contribution in [3.63, 3.8) is 0 Å². The number of hydrogen-bond acceptors (Lipinski definition) is 3. The van der Waals surface area contributed by atoms with Gasteiger partial charge in [-0.15, -0.1) is 5.10 Å². The first kappa shape index (κ1) is 9.67. The number of aromatic nitrogens is 3. The average Bonchev–Trinajstić information content (AvgIpc) is 2.50. The number of aromatic amines is 1. The number of anilines is 1. The Morgan fingerprint density at radius 1 is 1.14 bits per heavy atom. The lowest BCUT2D eigenvalue weighted by atomic mass is 10.2. The lowest BCUT2D eigenvalue weighted by molar-refractivity contribution is 1.10. The van der Waals surface area contributed by atoms with Crippen LogP contribution in [0.25, 0.3) is 11.4 Å². The summed E-state index contributed by atoms with van der Waals surface area (Å²) in [6, 6.07) is 5.82. The molecule has 0 atom stereocenters. The molecular formula is C8H6Br2N4. The van der Waals surface area contributed by atoms with E-state index in [1.807, 2.05) is 18.2 Å². The molecule has 0 spiro atoms. The second-order valence-electron chi connectivity index (χ2n) is 2.70. The molecule has 0 aliphatic heterocycles. The van der Waals surface area contributed by atoms with Gasteiger partial charge in [-0.3, -0.25) is 5.10 Å². The SMILES string of the molecule is Nc1n[nH]c(-c2cc(Br)cc(Br)c2)n1. The van der Waals surface area contributed by atoms with Crippen molar-refractivity contribution >= 4 is 37.8 Å². The second-order valence-corrected chi connectivity index (χ2v) is 4.53. The van der Waals surface area contributed by atoms with Gasteiger partial charge in [0, 0.05) is 14.5 Å². The van der Waals surface area contributed by atoms with Crippen LogP contribution in [0.4, 0.5) is 5.95 Å². The van der Waals surface area contributed by atoms with Gasteiger partial charge in [-0.2, -0.15) is 4.98 Å². The van der Waals surface area contributed by atoms with Gasteiger partial charge in [-0.25, -0.2) is 0 Å². The van der Waals surface area contributed by atoms with E-state index in [0.29, 0.717) is 5.82 Å². The monoisotopic (exact) mass is 316 g/mol. The third kappa shape index (κ3) is 1.96. The summed E-state index contributed by atoms with van der Waals surface area (Å²) in [4.78, 5) is 4.03. The van der Waals surface area contributed by atoms with Crippen LogP contribution in [0.1, 0.15) is 0 Å². The average molecular weight is 318 g/mol. The summed E-state index contributed by atoms with van der Waals surface area (Å²) < 4.78 is 1.94. The van der Waals surface area contributed by atoms with Gasteiger partial charge in [0.25, 0.3) is 0 Å². The Bertz CT molecular complexity index is 446. The quantitative estimate of drug-likeness (QED) is 0.849. The molecule has 0 unspecified atom stereocenters. The molecule has 0 aliphatic carbocycles. The lowest BCUT2D eigenvalue weighted by Crippen LogP contribution is -1.85. The lowest BCUT2D eigenvalue weighted by Gasteiger charge is -1.98. The molecule has 1 aromatic heterocycles. The minimum atomic E-state index is 0.246. The minimum Gasteiger partial charge on any atom is -0.366 e. The molecule has 2 rings (SSSR count). The van der Waals surface area contributed by atoms with Gasteiger partial charge in [0.1, 0.15) is 0 Å². The van der Waals surface area contributed by atoms with Crippen LogP contribution in [0.5, 0.6) is 0 Å². The van der Waals surface area contributed by atoms with Crippen LogP contribution in [-0.4, -0.2) is 15.2 Å². The summed E-state index contributed by atoms with van der Waals surface area (Å²) in [7, 11) is 0. The van der Waals surface area contributed by atoms with E-state index >= 15 is 0 Å². The molecule has 1 aromatic carbocycles. The van der Waals surface area contributed by atoms with Gasteiger partial charge in [0.2, 0.25) is 5.95 Å². The first-order valence-electron chi connectivity index (χ1n) is 3.79. The summed E-state index contributed by atoms with van der Waals surface area (Å²) >= 11 is 6.79. The maximum Gasteiger partial charge on any atom is 0.239 e. The number of nitrogens with one attached hydrogen (secondary N) is 1. The zero-order valence-electron chi connectivity index (χ0n) is 6.96. The van der Waals surface area contributed by atoms with Crippen molar-refractivity contribution in [3.05, 3.63) is 27.1 Å². The van der Waals surface area contributed by atoms with E-state index in [0.717, 1.165) is 14.5 Å². The van der Waals surface area contributed by atoms with Gasteiger partial charge in [0.05, 0.1) is 0 Å². The zero-order chi connectivity index (χ0) is 10.1. The van der Waals surface area contributed by atoms with Gasteiger partial charge in [-0.05, 0) is 18.2 Å². The number of nitrogen functional groups attached to an aromatic ring is 1. The smallest absolute Gasteiger partial charge is 0.239 e. The van der Waals surface area contributed by atoms with Crippen LogP contribution in [0, 0.1) is 0 Å². The van der Waals surface area contributed by atoms with Crippen molar-refractivity contribution in [1.29, 1.82) is 0 Å². The van der Waals surface area contributed by atoms with E-state index in [-0.39, 0.29) is 5.95 Å². The Morgan fingerprint density at radius 3 is 2.29 bits per heavy atom. The molecule has 0 saturated carbocycles. The van der Waals surface area contributed by atoms with Crippen molar-refractivity contribution < 1.29 is 0 Å². The number of benzene rings is 1. The summed E-state index contributed by atoms with van der Waals surface area (Å²) in [6.07, 6.45) is 0. The molecule has 1 heterocycles. The van der Waals surface area contributed by atoms with Crippen molar-refractivity contribution in [3.8, 4) is 11.4 Å². The third-order valence-electron chi connectivity index (χ3n) is 1.64. The summed E-state index contributed by atoms with van der Waals surface area (Å²) in [6.45, 7) is 0. The van der Waals surface area contributed by atoms with Crippen LogP contribution in [0.3, 0.4) is 0 Å². The van der Waals surface area contributed by atoms with Gasteiger partial charge >= 0.3 is 0 Å².